The Labute approximate surface area is 204 Å². The number of para-hydroxylation sites is 1. The van der Waals surface area contributed by atoms with Gasteiger partial charge in [0.25, 0.3) is 5.56 Å². The van der Waals surface area contributed by atoms with Crippen LogP contribution >= 0.6 is 0 Å². The SMILES string of the molecule is Cc1cccc(-n2c(C(C)N(C)S(=O)(=O)c3ccc4ccccc4c3)nc3ccccc3c2=O)c1. The van der Waals surface area contributed by atoms with Gasteiger partial charge in [0.1, 0.15) is 5.82 Å². The topological polar surface area (TPSA) is 72.3 Å². The van der Waals surface area contributed by atoms with Crippen molar-refractivity contribution in [2.45, 2.75) is 24.8 Å². The van der Waals surface area contributed by atoms with Crippen LogP contribution in [0.2, 0.25) is 0 Å². The summed E-state index contributed by atoms with van der Waals surface area (Å²) in [7, 11) is -2.35. The molecule has 6 nitrogen and oxygen atoms in total. The van der Waals surface area contributed by atoms with Gasteiger partial charge in [-0.3, -0.25) is 9.36 Å². The number of aryl methyl sites for hydroxylation is 1. The molecule has 0 N–H and O–H groups in total. The molecule has 0 aliphatic carbocycles. The minimum Gasteiger partial charge on any atom is -0.268 e. The number of nitrogens with zero attached hydrogens (tertiary/aromatic N) is 3. The molecule has 1 atom stereocenters. The molecule has 0 bridgehead atoms. The second-order valence-electron chi connectivity index (χ2n) is 8.67. The van der Waals surface area contributed by atoms with Crippen molar-refractivity contribution < 1.29 is 8.42 Å². The molecular formula is C28H25N3O3S. The van der Waals surface area contributed by atoms with Crippen LogP contribution in [0, 0.1) is 6.92 Å². The second-order valence-corrected chi connectivity index (χ2v) is 10.7. The van der Waals surface area contributed by atoms with Crippen LogP contribution in [0.1, 0.15) is 24.4 Å². The zero-order valence-electron chi connectivity index (χ0n) is 19.7. The number of hydrogen-bond donors (Lipinski definition) is 0. The number of rotatable bonds is 5. The highest BCUT2D eigenvalue weighted by atomic mass is 32.2. The molecule has 35 heavy (non-hydrogen) atoms. The molecule has 0 spiro atoms. The Hall–Kier alpha value is -3.81. The molecule has 5 rings (SSSR count). The predicted molar refractivity (Wildman–Crippen MR) is 139 cm³/mol. The van der Waals surface area contributed by atoms with Crippen LogP contribution in [0.4, 0.5) is 0 Å². The van der Waals surface area contributed by atoms with E-state index in [1.165, 1.54) is 15.9 Å². The maximum Gasteiger partial charge on any atom is 0.266 e. The van der Waals surface area contributed by atoms with Gasteiger partial charge < -0.3 is 0 Å². The van der Waals surface area contributed by atoms with Crippen LogP contribution in [-0.4, -0.2) is 29.3 Å². The zero-order valence-corrected chi connectivity index (χ0v) is 20.5. The number of fused-ring (bicyclic) bond motifs is 2. The van der Waals surface area contributed by atoms with Crippen LogP contribution < -0.4 is 5.56 Å². The van der Waals surface area contributed by atoms with Gasteiger partial charge in [-0.15, -0.1) is 0 Å². The average Bonchev–Trinajstić information content (AvgIpc) is 2.87. The third-order valence-corrected chi connectivity index (χ3v) is 8.30. The van der Waals surface area contributed by atoms with E-state index in [1.807, 2.05) is 61.5 Å². The Kier molecular flexibility index (Phi) is 5.75. The monoisotopic (exact) mass is 483 g/mol. The molecule has 0 saturated heterocycles. The van der Waals surface area contributed by atoms with E-state index in [0.29, 0.717) is 22.4 Å². The lowest BCUT2D eigenvalue weighted by Gasteiger charge is -2.26. The van der Waals surface area contributed by atoms with Gasteiger partial charge in [0.15, 0.2) is 0 Å². The normalized spacial score (nSPS) is 12.9. The third-order valence-electron chi connectivity index (χ3n) is 6.38. The summed E-state index contributed by atoms with van der Waals surface area (Å²) in [6, 6.07) is 26.7. The molecule has 5 aromatic rings. The summed E-state index contributed by atoms with van der Waals surface area (Å²) >= 11 is 0. The summed E-state index contributed by atoms with van der Waals surface area (Å²) in [5.41, 5.74) is 1.92. The third kappa shape index (κ3) is 4.03. The van der Waals surface area contributed by atoms with E-state index < -0.39 is 16.1 Å². The average molecular weight is 484 g/mol. The lowest BCUT2D eigenvalue weighted by molar-refractivity contribution is 0.379. The lowest BCUT2D eigenvalue weighted by atomic mass is 10.1. The van der Waals surface area contributed by atoms with E-state index in [9.17, 15) is 13.2 Å². The summed E-state index contributed by atoms with van der Waals surface area (Å²) in [6.45, 7) is 3.70. The van der Waals surface area contributed by atoms with E-state index in [0.717, 1.165) is 16.3 Å². The molecule has 176 valence electrons. The molecule has 4 aromatic carbocycles. The Balaban J connectivity index is 1.67. The Morgan fingerprint density at radius 2 is 1.57 bits per heavy atom. The molecule has 0 amide bonds. The Morgan fingerprint density at radius 1 is 0.857 bits per heavy atom. The Bertz CT molecular complexity index is 1740. The van der Waals surface area contributed by atoms with Crippen LogP contribution in [0.3, 0.4) is 0 Å². The number of hydrogen-bond acceptors (Lipinski definition) is 4. The number of benzene rings is 4. The van der Waals surface area contributed by atoms with Crippen molar-refractivity contribution in [2.75, 3.05) is 7.05 Å². The standard InChI is InChI=1S/C28H25N3O3S/c1-19-9-8-12-23(17-19)31-27(29-26-14-7-6-13-25(26)28(31)32)20(2)30(3)35(33,34)24-16-15-21-10-4-5-11-22(21)18-24/h4-18,20H,1-3H3. The zero-order chi connectivity index (χ0) is 24.7. The maximum absolute atomic E-state index is 13.7. The first-order valence-corrected chi connectivity index (χ1v) is 12.8. The van der Waals surface area contributed by atoms with Gasteiger partial charge in [-0.05, 0) is 66.6 Å². The highest BCUT2D eigenvalue weighted by Gasteiger charge is 2.30. The molecule has 0 aliphatic heterocycles. The first-order chi connectivity index (χ1) is 16.8. The fourth-order valence-corrected chi connectivity index (χ4v) is 5.67. The van der Waals surface area contributed by atoms with Crippen molar-refractivity contribution >= 4 is 31.7 Å². The van der Waals surface area contributed by atoms with Gasteiger partial charge >= 0.3 is 0 Å². The van der Waals surface area contributed by atoms with Gasteiger partial charge in [0, 0.05) is 7.05 Å². The van der Waals surface area contributed by atoms with Gasteiger partial charge in [0.05, 0.1) is 27.5 Å². The number of aromatic nitrogens is 2. The van der Waals surface area contributed by atoms with Gasteiger partial charge in [-0.25, -0.2) is 13.4 Å². The fraction of sp³-hybridized carbons (Fsp3) is 0.143. The molecule has 0 radical (unpaired) electrons. The van der Waals surface area contributed by atoms with E-state index in [2.05, 4.69) is 0 Å². The first kappa shape index (κ1) is 23.0. The van der Waals surface area contributed by atoms with Crippen LogP contribution in [0.5, 0.6) is 0 Å². The van der Waals surface area contributed by atoms with Crippen molar-refractivity contribution in [3.8, 4) is 5.69 Å². The first-order valence-electron chi connectivity index (χ1n) is 11.3. The molecule has 0 fully saturated rings. The maximum atomic E-state index is 13.7. The van der Waals surface area contributed by atoms with Crippen molar-refractivity contribution in [2.24, 2.45) is 0 Å². The molecule has 1 heterocycles. The summed E-state index contributed by atoms with van der Waals surface area (Å²) in [4.78, 5) is 18.6. The van der Waals surface area contributed by atoms with Crippen molar-refractivity contribution in [3.05, 3.63) is 113 Å². The van der Waals surface area contributed by atoms with Gasteiger partial charge in [-0.2, -0.15) is 4.31 Å². The highest BCUT2D eigenvalue weighted by molar-refractivity contribution is 7.89. The molecular weight excluding hydrogens is 458 g/mol. The second kappa shape index (κ2) is 8.76. The minimum absolute atomic E-state index is 0.191. The van der Waals surface area contributed by atoms with E-state index >= 15 is 0 Å². The molecule has 1 unspecified atom stereocenters. The summed E-state index contributed by atoms with van der Waals surface area (Å²) in [6.07, 6.45) is 0. The van der Waals surface area contributed by atoms with E-state index in [1.54, 1.807) is 43.3 Å². The van der Waals surface area contributed by atoms with E-state index in [4.69, 9.17) is 4.98 Å². The summed E-state index contributed by atoms with van der Waals surface area (Å²) in [5.74, 6) is 0.353. The van der Waals surface area contributed by atoms with Crippen LogP contribution in [0.25, 0.3) is 27.4 Å². The summed E-state index contributed by atoms with van der Waals surface area (Å²) in [5, 5.41) is 2.28. The molecule has 0 aliphatic rings. The van der Waals surface area contributed by atoms with Crippen LogP contribution in [0.15, 0.2) is 101 Å². The quantitative estimate of drug-likeness (QED) is 0.343. The number of sulfonamides is 1. The minimum atomic E-state index is -3.87. The highest BCUT2D eigenvalue weighted by Crippen LogP contribution is 2.28. The van der Waals surface area contributed by atoms with Crippen molar-refractivity contribution in [1.29, 1.82) is 0 Å². The largest absolute Gasteiger partial charge is 0.268 e. The van der Waals surface area contributed by atoms with Gasteiger partial charge in [0.2, 0.25) is 10.0 Å². The smallest absolute Gasteiger partial charge is 0.266 e. The fourth-order valence-electron chi connectivity index (χ4n) is 4.31. The van der Waals surface area contributed by atoms with E-state index in [-0.39, 0.29) is 10.5 Å². The van der Waals surface area contributed by atoms with Crippen molar-refractivity contribution in [1.82, 2.24) is 13.9 Å². The van der Waals surface area contributed by atoms with Crippen LogP contribution in [-0.2, 0) is 10.0 Å². The predicted octanol–water partition coefficient (Wildman–Crippen LogP) is 5.23. The molecule has 1 aromatic heterocycles. The van der Waals surface area contributed by atoms with Crippen molar-refractivity contribution in [3.63, 3.8) is 0 Å². The Morgan fingerprint density at radius 3 is 2.34 bits per heavy atom. The molecule has 7 heteroatoms. The molecule has 0 saturated carbocycles. The lowest BCUT2D eigenvalue weighted by Crippen LogP contribution is -2.35. The summed E-state index contributed by atoms with van der Waals surface area (Å²) < 4.78 is 30.1. The van der Waals surface area contributed by atoms with Gasteiger partial charge in [-0.1, -0.05) is 54.6 Å².